The molecule has 0 fully saturated rings. The standard InChI is InChI=1S/C13H15ClN4O3/c1-8(2)12(13(19)20)18-11(15-16-17-18)7-21-10-6-4-3-5-9(10)14/h3-6,8,12H,7H2,1-2H3,(H,19,20). The maximum Gasteiger partial charge on any atom is 0.328 e. The number of carboxylic acids is 1. The fourth-order valence-electron chi connectivity index (χ4n) is 1.90. The van der Waals surface area contributed by atoms with Crippen LogP contribution in [0.5, 0.6) is 5.75 Å². The number of hydrogen-bond acceptors (Lipinski definition) is 5. The van der Waals surface area contributed by atoms with Gasteiger partial charge in [-0.05, 0) is 28.5 Å². The number of aromatic nitrogens is 4. The minimum Gasteiger partial charge on any atom is -0.484 e. The van der Waals surface area contributed by atoms with Gasteiger partial charge < -0.3 is 9.84 Å². The molecule has 1 heterocycles. The summed E-state index contributed by atoms with van der Waals surface area (Å²) in [6.07, 6.45) is 0. The lowest BCUT2D eigenvalue weighted by Crippen LogP contribution is -2.27. The molecule has 1 atom stereocenters. The zero-order valence-corrected chi connectivity index (χ0v) is 12.4. The average Bonchev–Trinajstić information content (AvgIpc) is 2.85. The Labute approximate surface area is 126 Å². The van der Waals surface area contributed by atoms with Gasteiger partial charge in [0.05, 0.1) is 5.02 Å². The predicted octanol–water partition coefficient (Wildman–Crippen LogP) is 2.19. The monoisotopic (exact) mass is 310 g/mol. The van der Waals surface area contributed by atoms with E-state index in [1.54, 1.807) is 38.1 Å². The first-order chi connectivity index (χ1) is 10.0. The highest BCUT2D eigenvalue weighted by Gasteiger charge is 2.27. The molecule has 0 aliphatic rings. The third-order valence-electron chi connectivity index (χ3n) is 2.90. The first kappa shape index (κ1) is 15.2. The van der Waals surface area contributed by atoms with Crippen LogP contribution in [0.3, 0.4) is 0 Å². The van der Waals surface area contributed by atoms with Gasteiger partial charge in [0, 0.05) is 0 Å². The summed E-state index contributed by atoms with van der Waals surface area (Å²) < 4.78 is 6.81. The first-order valence-corrected chi connectivity index (χ1v) is 6.75. The van der Waals surface area contributed by atoms with E-state index < -0.39 is 12.0 Å². The van der Waals surface area contributed by atoms with Crippen LogP contribution >= 0.6 is 11.6 Å². The SMILES string of the molecule is CC(C)C(C(=O)O)n1nnnc1COc1ccccc1Cl. The Bertz CT molecular complexity index is 629. The van der Waals surface area contributed by atoms with Gasteiger partial charge in [0.15, 0.2) is 11.9 Å². The van der Waals surface area contributed by atoms with Crippen molar-refractivity contribution in [3.8, 4) is 5.75 Å². The molecule has 112 valence electrons. The first-order valence-electron chi connectivity index (χ1n) is 6.37. The molecule has 7 nitrogen and oxygen atoms in total. The Morgan fingerprint density at radius 1 is 1.43 bits per heavy atom. The van der Waals surface area contributed by atoms with E-state index in [4.69, 9.17) is 16.3 Å². The Morgan fingerprint density at radius 2 is 2.14 bits per heavy atom. The van der Waals surface area contributed by atoms with Gasteiger partial charge in [-0.15, -0.1) is 5.10 Å². The van der Waals surface area contributed by atoms with Crippen molar-refractivity contribution < 1.29 is 14.6 Å². The normalized spacial score (nSPS) is 12.4. The molecule has 0 aliphatic heterocycles. The maximum atomic E-state index is 11.3. The molecule has 2 rings (SSSR count). The summed E-state index contributed by atoms with van der Waals surface area (Å²) >= 11 is 5.99. The number of benzene rings is 1. The number of halogens is 1. The minimum atomic E-state index is -0.990. The van der Waals surface area contributed by atoms with Crippen molar-refractivity contribution in [2.75, 3.05) is 0 Å². The van der Waals surface area contributed by atoms with Crippen LogP contribution in [0.4, 0.5) is 0 Å². The van der Waals surface area contributed by atoms with E-state index in [1.807, 2.05) is 0 Å². The van der Waals surface area contributed by atoms with Crippen molar-refractivity contribution in [3.05, 3.63) is 35.1 Å². The molecule has 0 aliphatic carbocycles. The van der Waals surface area contributed by atoms with Crippen LogP contribution in [-0.2, 0) is 11.4 Å². The van der Waals surface area contributed by atoms with Gasteiger partial charge in [-0.2, -0.15) is 0 Å². The molecule has 0 spiro atoms. The second-order valence-electron chi connectivity index (χ2n) is 4.79. The molecular formula is C13H15ClN4O3. The third kappa shape index (κ3) is 3.49. The molecule has 21 heavy (non-hydrogen) atoms. The van der Waals surface area contributed by atoms with Gasteiger partial charge in [0.25, 0.3) is 0 Å². The molecule has 2 aromatic rings. The Hall–Kier alpha value is -2.15. The fourth-order valence-corrected chi connectivity index (χ4v) is 2.09. The number of rotatable bonds is 6. The smallest absolute Gasteiger partial charge is 0.328 e. The molecule has 8 heteroatoms. The summed E-state index contributed by atoms with van der Waals surface area (Å²) in [5.74, 6) is -0.331. The van der Waals surface area contributed by atoms with Crippen molar-refractivity contribution in [1.82, 2.24) is 20.2 Å². The van der Waals surface area contributed by atoms with Gasteiger partial charge in [0.1, 0.15) is 12.4 Å². The van der Waals surface area contributed by atoms with E-state index in [1.165, 1.54) is 4.68 Å². The van der Waals surface area contributed by atoms with Crippen molar-refractivity contribution in [2.24, 2.45) is 5.92 Å². The van der Waals surface area contributed by atoms with Gasteiger partial charge in [-0.3, -0.25) is 0 Å². The van der Waals surface area contributed by atoms with Gasteiger partial charge in [0.2, 0.25) is 0 Å². The number of carbonyl (C=O) groups is 1. The van der Waals surface area contributed by atoms with E-state index in [9.17, 15) is 9.90 Å². The number of hydrogen-bond donors (Lipinski definition) is 1. The largest absolute Gasteiger partial charge is 0.484 e. The summed E-state index contributed by atoms with van der Waals surface area (Å²) in [4.78, 5) is 11.3. The van der Waals surface area contributed by atoms with Crippen LogP contribution in [0.15, 0.2) is 24.3 Å². The number of tetrazole rings is 1. The van der Waals surface area contributed by atoms with Crippen LogP contribution in [0, 0.1) is 5.92 Å². The number of aliphatic carboxylic acids is 1. The topological polar surface area (TPSA) is 90.1 Å². The molecular weight excluding hydrogens is 296 g/mol. The van der Waals surface area contributed by atoms with Gasteiger partial charge in [-0.25, -0.2) is 9.48 Å². The lowest BCUT2D eigenvalue weighted by atomic mass is 10.1. The quantitative estimate of drug-likeness (QED) is 0.879. The lowest BCUT2D eigenvalue weighted by molar-refractivity contribution is -0.142. The number of ether oxygens (including phenoxy) is 1. The van der Waals surface area contributed by atoms with Crippen LogP contribution < -0.4 is 4.74 Å². The number of para-hydroxylation sites is 1. The zero-order chi connectivity index (χ0) is 15.4. The molecule has 0 radical (unpaired) electrons. The number of carboxylic acid groups (broad SMARTS) is 1. The molecule has 1 N–H and O–H groups in total. The summed E-state index contributed by atoms with van der Waals surface area (Å²) in [5.41, 5.74) is 0. The second kappa shape index (κ2) is 6.53. The van der Waals surface area contributed by atoms with Crippen molar-refractivity contribution in [1.29, 1.82) is 0 Å². The number of nitrogens with zero attached hydrogens (tertiary/aromatic N) is 4. The van der Waals surface area contributed by atoms with Gasteiger partial charge in [-0.1, -0.05) is 37.6 Å². The zero-order valence-electron chi connectivity index (χ0n) is 11.6. The summed E-state index contributed by atoms with van der Waals surface area (Å²) in [7, 11) is 0. The molecule has 0 amide bonds. The predicted molar refractivity (Wildman–Crippen MR) is 75.1 cm³/mol. The van der Waals surface area contributed by atoms with E-state index in [0.29, 0.717) is 16.6 Å². The fraction of sp³-hybridized carbons (Fsp3) is 0.385. The van der Waals surface area contributed by atoms with E-state index >= 15 is 0 Å². The van der Waals surface area contributed by atoms with E-state index in [-0.39, 0.29) is 12.5 Å². The Kier molecular flexibility index (Phi) is 4.74. The highest BCUT2D eigenvalue weighted by atomic mass is 35.5. The van der Waals surface area contributed by atoms with Gasteiger partial charge >= 0.3 is 5.97 Å². The minimum absolute atomic E-state index is 0.0350. The molecule has 0 saturated heterocycles. The van der Waals surface area contributed by atoms with Crippen LogP contribution in [-0.4, -0.2) is 31.3 Å². The second-order valence-corrected chi connectivity index (χ2v) is 5.19. The third-order valence-corrected chi connectivity index (χ3v) is 3.21. The average molecular weight is 311 g/mol. The molecule has 1 aromatic heterocycles. The van der Waals surface area contributed by atoms with Crippen molar-refractivity contribution in [3.63, 3.8) is 0 Å². The van der Waals surface area contributed by atoms with Crippen LogP contribution in [0.25, 0.3) is 0 Å². The van der Waals surface area contributed by atoms with E-state index in [2.05, 4.69) is 15.5 Å². The summed E-state index contributed by atoms with van der Waals surface area (Å²) in [6, 6.07) is 6.16. The Morgan fingerprint density at radius 3 is 2.76 bits per heavy atom. The highest BCUT2D eigenvalue weighted by molar-refractivity contribution is 6.32. The molecule has 0 bridgehead atoms. The highest BCUT2D eigenvalue weighted by Crippen LogP contribution is 2.24. The maximum absolute atomic E-state index is 11.3. The van der Waals surface area contributed by atoms with Crippen LogP contribution in [0.2, 0.25) is 5.02 Å². The van der Waals surface area contributed by atoms with Crippen LogP contribution in [0.1, 0.15) is 25.7 Å². The lowest BCUT2D eigenvalue weighted by Gasteiger charge is -2.17. The molecule has 1 aromatic carbocycles. The molecule has 0 saturated carbocycles. The summed E-state index contributed by atoms with van der Waals surface area (Å²) in [6.45, 7) is 3.62. The summed E-state index contributed by atoms with van der Waals surface area (Å²) in [5, 5.41) is 20.9. The molecule has 1 unspecified atom stereocenters. The Balaban J connectivity index is 2.17. The van der Waals surface area contributed by atoms with E-state index in [0.717, 1.165) is 0 Å². The van der Waals surface area contributed by atoms with Crippen molar-refractivity contribution >= 4 is 17.6 Å². The van der Waals surface area contributed by atoms with Crippen molar-refractivity contribution in [2.45, 2.75) is 26.5 Å².